The van der Waals surface area contributed by atoms with Gasteiger partial charge in [-0.25, -0.2) is 0 Å². The van der Waals surface area contributed by atoms with Crippen LogP contribution in [0.1, 0.15) is 5.56 Å². The highest BCUT2D eigenvalue weighted by molar-refractivity contribution is 5.46. The fourth-order valence-corrected chi connectivity index (χ4v) is 1.07. The molecule has 0 bridgehead atoms. The summed E-state index contributed by atoms with van der Waals surface area (Å²) in [6.45, 7) is -3.31. The minimum Gasteiger partial charge on any atom is -0.493 e. The lowest BCUT2D eigenvalue weighted by Crippen LogP contribution is -2.06. The van der Waals surface area contributed by atoms with E-state index in [-0.39, 0.29) is 23.7 Å². The summed E-state index contributed by atoms with van der Waals surface area (Å²) in [5.74, 6) is 0.0596. The van der Waals surface area contributed by atoms with Gasteiger partial charge >= 0.3 is 6.61 Å². The van der Waals surface area contributed by atoms with Crippen molar-refractivity contribution in [2.24, 2.45) is 0 Å². The summed E-state index contributed by atoms with van der Waals surface area (Å²) >= 11 is 0. The Morgan fingerprint density at radius 2 is 2.14 bits per heavy atom. The molecule has 0 saturated heterocycles. The Morgan fingerprint density at radius 1 is 1.43 bits per heavy atom. The molecule has 0 fully saturated rings. The van der Waals surface area contributed by atoms with E-state index in [9.17, 15) is 8.78 Å². The Morgan fingerprint density at radius 3 is 2.64 bits per heavy atom. The molecule has 1 rings (SSSR count). The van der Waals surface area contributed by atoms with Crippen molar-refractivity contribution in [1.82, 2.24) is 0 Å². The van der Waals surface area contributed by atoms with Crippen LogP contribution < -0.4 is 9.47 Å². The Labute approximate surface area is 79.9 Å². The molecule has 14 heavy (non-hydrogen) atoms. The van der Waals surface area contributed by atoms with Crippen LogP contribution in [-0.2, 0) is 6.61 Å². The normalized spacial score (nSPS) is 10.4. The zero-order chi connectivity index (χ0) is 10.6. The second-order valence-corrected chi connectivity index (χ2v) is 2.49. The molecule has 0 aromatic heterocycles. The van der Waals surface area contributed by atoms with Crippen molar-refractivity contribution in [2.45, 2.75) is 13.2 Å². The molecule has 0 saturated carbocycles. The van der Waals surface area contributed by atoms with Crippen LogP contribution in [0.15, 0.2) is 18.2 Å². The van der Waals surface area contributed by atoms with Gasteiger partial charge in [0.05, 0.1) is 13.7 Å². The minimum atomic E-state index is -2.93. The van der Waals surface area contributed by atoms with Crippen LogP contribution >= 0.6 is 0 Å². The Hall–Kier alpha value is -1.36. The van der Waals surface area contributed by atoms with Gasteiger partial charge in [0.1, 0.15) is 0 Å². The van der Waals surface area contributed by atoms with Gasteiger partial charge in [0.25, 0.3) is 0 Å². The van der Waals surface area contributed by atoms with Crippen LogP contribution in [0.5, 0.6) is 11.5 Å². The summed E-state index contributed by atoms with van der Waals surface area (Å²) in [4.78, 5) is 0. The highest BCUT2D eigenvalue weighted by Crippen LogP contribution is 2.32. The number of benzene rings is 1. The maximum absolute atomic E-state index is 12.0. The molecule has 0 unspecified atom stereocenters. The molecule has 78 valence electrons. The van der Waals surface area contributed by atoms with E-state index in [2.05, 4.69) is 4.74 Å². The van der Waals surface area contributed by atoms with Gasteiger partial charge in [0.15, 0.2) is 11.5 Å². The second-order valence-electron chi connectivity index (χ2n) is 2.49. The number of aliphatic hydroxyl groups excluding tert-OH is 1. The zero-order valence-corrected chi connectivity index (χ0v) is 7.54. The van der Waals surface area contributed by atoms with Crippen molar-refractivity contribution in [1.29, 1.82) is 0 Å². The molecule has 0 aliphatic carbocycles. The fraction of sp³-hybridized carbons (Fsp3) is 0.333. The van der Waals surface area contributed by atoms with Gasteiger partial charge in [-0.3, -0.25) is 0 Å². The van der Waals surface area contributed by atoms with E-state index < -0.39 is 6.61 Å². The lowest BCUT2D eigenvalue weighted by molar-refractivity contribution is -0.0523. The second kappa shape index (κ2) is 4.76. The predicted molar refractivity (Wildman–Crippen MR) is 45.5 cm³/mol. The molecule has 1 N–H and O–H groups in total. The lowest BCUT2D eigenvalue weighted by Gasteiger charge is -2.12. The molecule has 0 radical (unpaired) electrons. The molecule has 0 aliphatic rings. The van der Waals surface area contributed by atoms with Crippen LogP contribution in [0.3, 0.4) is 0 Å². The van der Waals surface area contributed by atoms with Crippen molar-refractivity contribution in [3.63, 3.8) is 0 Å². The number of hydrogen-bond acceptors (Lipinski definition) is 3. The highest BCUT2D eigenvalue weighted by Gasteiger charge is 2.14. The van der Waals surface area contributed by atoms with E-state index >= 15 is 0 Å². The van der Waals surface area contributed by atoms with Gasteiger partial charge in [0, 0.05) is 5.56 Å². The first kappa shape index (κ1) is 10.7. The number of halogens is 2. The number of methoxy groups -OCH3 is 1. The van der Waals surface area contributed by atoms with E-state index in [1.807, 2.05) is 0 Å². The van der Waals surface area contributed by atoms with Gasteiger partial charge in [-0.1, -0.05) is 12.1 Å². The zero-order valence-electron chi connectivity index (χ0n) is 7.54. The van der Waals surface area contributed by atoms with Gasteiger partial charge in [-0.05, 0) is 6.07 Å². The molecule has 0 atom stereocenters. The van der Waals surface area contributed by atoms with Crippen LogP contribution in [0.4, 0.5) is 8.78 Å². The summed E-state index contributed by atoms with van der Waals surface area (Å²) in [6.07, 6.45) is 0. The molecular weight excluding hydrogens is 194 g/mol. The van der Waals surface area contributed by atoms with Crippen LogP contribution in [0, 0.1) is 0 Å². The molecule has 0 amide bonds. The number of hydrogen-bond donors (Lipinski definition) is 1. The average molecular weight is 204 g/mol. The van der Waals surface area contributed by atoms with Crippen molar-refractivity contribution in [3.05, 3.63) is 23.8 Å². The standard InChI is InChI=1S/C9H10F2O3/c1-13-7-4-2-3-6(5-12)8(7)14-9(10)11/h2-4,9,12H,5H2,1H3. The molecule has 0 heterocycles. The summed E-state index contributed by atoms with van der Waals surface area (Å²) in [5.41, 5.74) is 0.268. The quantitative estimate of drug-likeness (QED) is 0.812. The summed E-state index contributed by atoms with van der Waals surface area (Å²) in [6, 6.07) is 4.56. The first-order valence-corrected chi connectivity index (χ1v) is 3.90. The summed E-state index contributed by atoms with van der Waals surface area (Å²) in [5, 5.41) is 8.87. The molecule has 5 heteroatoms. The molecule has 0 aliphatic heterocycles. The maximum Gasteiger partial charge on any atom is 0.387 e. The fourth-order valence-electron chi connectivity index (χ4n) is 1.07. The smallest absolute Gasteiger partial charge is 0.387 e. The predicted octanol–water partition coefficient (Wildman–Crippen LogP) is 1.79. The van der Waals surface area contributed by atoms with Crippen molar-refractivity contribution >= 4 is 0 Å². The largest absolute Gasteiger partial charge is 0.493 e. The molecule has 0 spiro atoms. The maximum atomic E-state index is 12.0. The van der Waals surface area contributed by atoms with E-state index in [1.54, 1.807) is 6.07 Å². The van der Waals surface area contributed by atoms with Crippen molar-refractivity contribution in [2.75, 3.05) is 7.11 Å². The van der Waals surface area contributed by atoms with Crippen molar-refractivity contribution < 1.29 is 23.4 Å². The number of alkyl halides is 2. The molecule has 1 aromatic rings. The van der Waals surface area contributed by atoms with Gasteiger partial charge in [-0.2, -0.15) is 8.78 Å². The van der Waals surface area contributed by atoms with E-state index in [4.69, 9.17) is 9.84 Å². The molecule has 3 nitrogen and oxygen atoms in total. The van der Waals surface area contributed by atoms with E-state index in [0.29, 0.717) is 0 Å². The van der Waals surface area contributed by atoms with Crippen molar-refractivity contribution in [3.8, 4) is 11.5 Å². The van der Waals surface area contributed by atoms with Crippen LogP contribution in [-0.4, -0.2) is 18.8 Å². The van der Waals surface area contributed by atoms with E-state index in [0.717, 1.165) is 0 Å². The van der Waals surface area contributed by atoms with Crippen LogP contribution in [0.2, 0.25) is 0 Å². The highest BCUT2D eigenvalue weighted by atomic mass is 19.3. The Kier molecular flexibility index (Phi) is 3.64. The first-order chi connectivity index (χ1) is 6.69. The van der Waals surface area contributed by atoms with Gasteiger partial charge in [0.2, 0.25) is 0 Å². The summed E-state index contributed by atoms with van der Waals surface area (Å²) < 4.78 is 33.0. The van der Waals surface area contributed by atoms with Gasteiger partial charge < -0.3 is 14.6 Å². The average Bonchev–Trinajstić information content (AvgIpc) is 2.17. The minimum absolute atomic E-state index is 0.118. The number of ether oxygens (including phenoxy) is 2. The lowest BCUT2D eigenvalue weighted by atomic mass is 10.2. The first-order valence-electron chi connectivity index (χ1n) is 3.90. The number of rotatable bonds is 4. The number of aliphatic hydroxyl groups is 1. The third-order valence-corrected chi connectivity index (χ3v) is 1.66. The SMILES string of the molecule is COc1cccc(CO)c1OC(F)F. The van der Waals surface area contributed by atoms with Crippen LogP contribution in [0.25, 0.3) is 0 Å². The third-order valence-electron chi connectivity index (χ3n) is 1.66. The Bertz CT molecular complexity index is 280. The van der Waals surface area contributed by atoms with E-state index in [1.165, 1.54) is 19.2 Å². The molecular formula is C9H10F2O3. The van der Waals surface area contributed by atoms with Gasteiger partial charge in [-0.15, -0.1) is 0 Å². The third kappa shape index (κ3) is 2.32. The summed E-state index contributed by atoms with van der Waals surface area (Å²) in [7, 11) is 1.34. The topological polar surface area (TPSA) is 38.7 Å². The number of para-hydroxylation sites is 1. The molecule has 1 aromatic carbocycles. The Balaban J connectivity index is 3.05. The monoisotopic (exact) mass is 204 g/mol.